The molecule has 2 atom stereocenters. The van der Waals surface area contributed by atoms with Crippen LogP contribution in [0.1, 0.15) is 43.4 Å². The van der Waals surface area contributed by atoms with E-state index in [4.69, 9.17) is 0 Å². The van der Waals surface area contributed by atoms with Gasteiger partial charge in [-0.3, -0.25) is 0 Å². The van der Waals surface area contributed by atoms with Crippen LogP contribution in [0.4, 0.5) is 0 Å². The molecule has 0 saturated carbocycles. The Labute approximate surface area is 108 Å². The zero-order valence-corrected chi connectivity index (χ0v) is 11.8. The van der Waals surface area contributed by atoms with Gasteiger partial charge in [-0.1, -0.05) is 33.6 Å². The largest absolute Gasteiger partial charge is 0.390 e. The van der Waals surface area contributed by atoms with Gasteiger partial charge in [-0.05, 0) is 24.5 Å². The van der Waals surface area contributed by atoms with Gasteiger partial charge in [0.15, 0.2) is 0 Å². The van der Waals surface area contributed by atoms with E-state index >= 15 is 0 Å². The molecular formula is C14H24O2S. The standard InChI is InChI=1S/C14H24O2S/c1-4-10(5-2)14(16)13(15)9-12-8-7-11(6-3)17-12/h7-8,10,13-16H,4-6,9H2,1-3H3. The minimum Gasteiger partial charge on any atom is -0.390 e. The summed E-state index contributed by atoms with van der Waals surface area (Å²) in [6, 6.07) is 4.17. The molecule has 0 fully saturated rings. The summed E-state index contributed by atoms with van der Waals surface area (Å²) in [6.45, 7) is 6.25. The second kappa shape index (κ2) is 7.14. The van der Waals surface area contributed by atoms with Crippen LogP contribution < -0.4 is 0 Å². The van der Waals surface area contributed by atoms with E-state index in [1.54, 1.807) is 11.3 Å². The molecule has 17 heavy (non-hydrogen) atoms. The van der Waals surface area contributed by atoms with Crippen LogP contribution in [0.3, 0.4) is 0 Å². The maximum atomic E-state index is 10.1. The molecule has 2 nitrogen and oxygen atoms in total. The lowest BCUT2D eigenvalue weighted by molar-refractivity contribution is -0.0184. The highest BCUT2D eigenvalue weighted by Crippen LogP contribution is 2.22. The van der Waals surface area contributed by atoms with Crippen LogP contribution in [0.15, 0.2) is 12.1 Å². The molecule has 0 bridgehead atoms. The van der Waals surface area contributed by atoms with Crippen molar-refractivity contribution in [3.05, 3.63) is 21.9 Å². The van der Waals surface area contributed by atoms with Crippen molar-refractivity contribution in [1.82, 2.24) is 0 Å². The second-order valence-electron chi connectivity index (χ2n) is 4.56. The Balaban J connectivity index is 2.55. The van der Waals surface area contributed by atoms with Crippen molar-refractivity contribution < 1.29 is 10.2 Å². The normalized spacial score (nSPS) is 15.2. The highest BCUT2D eigenvalue weighted by atomic mass is 32.1. The lowest BCUT2D eigenvalue weighted by Gasteiger charge is -2.24. The van der Waals surface area contributed by atoms with Gasteiger partial charge in [0, 0.05) is 16.2 Å². The first-order valence-electron chi connectivity index (χ1n) is 6.56. The van der Waals surface area contributed by atoms with Crippen LogP contribution in [0.2, 0.25) is 0 Å². The molecule has 0 aromatic carbocycles. The number of aliphatic hydroxyl groups is 2. The molecular weight excluding hydrogens is 232 g/mol. The van der Waals surface area contributed by atoms with Crippen molar-refractivity contribution in [3.8, 4) is 0 Å². The van der Waals surface area contributed by atoms with E-state index < -0.39 is 12.2 Å². The molecule has 0 aliphatic heterocycles. The topological polar surface area (TPSA) is 40.5 Å². The Kier molecular flexibility index (Phi) is 6.17. The molecule has 0 aliphatic carbocycles. The Morgan fingerprint density at radius 1 is 1.06 bits per heavy atom. The van der Waals surface area contributed by atoms with Crippen LogP contribution in [-0.2, 0) is 12.8 Å². The lowest BCUT2D eigenvalue weighted by atomic mass is 9.91. The van der Waals surface area contributed by atoms with E-state index in [-0.39, 0.29) is 5.92 Å². The van der Waals surface area contributed by atoms with Gasteiger partial charge in [-0.2, -0.15) is 0 Å². The van der Waals surface area contributed by atoms with Crippen molar-refractivity contribution >= 4 is 11.3 Å². The van der Waals surface area contributed by atoms with Gasteiger partial charge in [-0.15, -0.1) is 11.3 Å². The van der Waals surface area contributed by atoms with Crippen LogP contribution in [0, 0.1) is 5.92 Å². The smallest absolute Gasteiger partial charge is 0.0849 e. The van der Waals surface area contributed by atoms with Crippen molar-refractivity contribution in [3.63, 3.8) is 0 Å². The molecule has 0 spiro atoms. The molecule has 1 rings (SSSR count). The molecule has 3 heteroatoms. The fraction of sp³-hybridized carbons (Fsp3) is 0.714. The average Bonchev–Trinajstić information content (AvgIpc) is 2.78. The molecule has 0 amide bonds. The zero-order valence-electron chi connectivity index (χ0n) is 11.0. The Hall–Kier alpha value is -0.380. The van der Waals surface area contributed by atoms with Crippen molar-refractivity contribution in [2.24, 2.45) is 5.92 Å². The molecule has 0 radical (unpaired) electrons. The molecule has 0 aliphatic rings. The number of thiophene rings is 1. The molecule has 2 unspecified atom stereocenters. The third-order valence-electron chi connectivity index (χ3n) is 3.40. The van der Waals surface area contributed by atoms with E-state index in [0.717, 1.165) is 19.3 Å². The van der Waals surface area contributed by atoms with E-state index in [2.05, 4.69) is 32.9 Å². The van der Waals surface area contributed by atoms with Crippen LogP contribution in [-0.4, -0.2) is 22.4 Å². The maximum absolute atomic E-state index is 10.1. The molecule has 1 aromatic rings. The summed E-state index contributed by atoms with van der Waals surface area (Å²) >= 11 is 1.73. The summed E-state index contributed by atoms with van der Waals surface area (Å²) in [7, 11) is 0. The van der Waals surface area contributed by atoms with E-state index in [1.807, 2.05) is 0 Å². The molecule has 1 aromatic heterocycles. The van der Waals surface area contributed by atoms with Crippen LogP contribution >= 0.6 is 11.3 Å². The number of hydrogen-bond donors (Lipinski definition) is 2. The summed E-state index contributed by atoms with van der Waals surface area (Å²) in [5, 5.41) is 20.1. The van der Waals surface area contributed by atoms with Gasteiger partial charge in [0.25, 0.3) is 0 Å². The van der Waals surface area contributed by atoms with E-state index in [9.17, 15) is 10.2 Å². The first-order chi connectivity index (χ1) is 8.12. The highest BCUT2D eigenvalue weighted by molar-refractivity contribution is 7.11. The summed E-state index contributed by atoms with van der Waals surface area (Å²) in [5.41, 5.74) is 0. The second-order valence-corrected chi connectivity index (χ2v) is 5.81. The predicted octanol–water partition coefficient (Wildman–Crippen LogP) is 3.01. The van der Waals surface area contributed by atoms with Crippen molar-refractivity contribution in [1.29, 1.82) is 0 Å². The highest BCUT2D eigenvalue weighted by Gasteiger charge is 2.24. The minimum absolute atomic E-state index is 0.204. The number of hydrogen-bond acceptors (Lipinski definition) is 3. The Morgan fingerprint density at radius 2 is 1.65 bits per heavy atom. The number of aryl methyl sites for hydroxylation is 1. The van der Waals surface area contributed by atoms with Gasteiger partial charge >= 0.3 is 0 Å². The number of aliphatic hydroxyl groups excluding tert-OH is 2. The first-order valence-corrected chi connectivity index (χ1v) is 7.37. The summed E-state index contributed by atoms with van der Waals surface area (Å²) < 4.78 is 0. The van der Waals surface area contributed by atoms with Gasteiger partial charge in [0.1, 0.15) is 0 Å². The number of rotatable bonds is 7. The van der Waals surface area contributed by atoms with Crippen molar-refractivity contribution in [2.45, 2.75) is 58.7 Å². The van der Waals surface area contributed by atoms with Crippen LogP contribution in [0.25, 0.3) is 0 Å². The molecule has 2 N–H and O–H groups in total. The fourth-order valence-electron chi connectivity index (χ4n) is 2.13. The van der Waals surface area contributed by atoms with Gasteiger partial charge in [0.2, 0.25) is 0 Å². The maximum Gasteiger partial charge on any atom is 0.0849 e. The third kappa shape index (κ3) is 4.09. The third-order valence-corrected chi connectivity index (χ3v) is 4.65. The van der Waals surface area contributed by atoms with E-state index in [1.165, 1.54) is 9.75 Å². The Bertz CT molecular complexity index is 318. The monoisotopic (exact) mass is 256 g/mol. The predicted molar refractivity (Wildman–Crippen MR) is 73.5 cm³/mol. The fourth-order valence-corrected chi connectivity index (χ4v) is 3.14. The quantitative estimate of drug-likeness (QED) is 0.787. The average molecular weight is 256 g/mol. The molecule has 1 heterocycles. The summed E-state index contributed by atoms with van der Waals surface area (Å²) in [6.07, 6.45) is 2.21. The molecule has 0 saturated heterocycles. The van der Waals surface area contributed by atoms with Gasteiger partial charge in [-0.25, -0.2) is 0 Å². The lowest BCUT2D eigenvalue weighted by Crippen LogP contribution is -2.34. The SMILES string of the molecule is CCc1ccc(CC(O)C(O)C(CC)CC)s1. The molecule has 98 valence electrons. The first kappa shape index (κ1) is 14.7. The Morgan fingerprint density at radius 3 is 2.12 bits per heavy atom. The van der Waals surface area contributed by atoms with Crippen LogP contribution in [0.5, 0.6) is 0 Å². The van der Waals surface area contributed by atoms with E-state index in [0.29, 0.717) is 6.42 Å². The summed E-state index contributed by atoms with van der Waals surface area (Å²) in [5.74, 6) is 0.204. The van der Waals surface area contributed by atoms with Crippen molar-refractivity contribution in [2.75, 3.05) is 0 Å². The van der Waals surface area contributed by atoms with Gasteiger partial charge in [0.05, 0.1) is 12.2 Å². The van der Waals surface area contributed by atoms with Gasteiger partial charge < -0.3 is 10.2 Å². The summed E-state index contributed by atoms with van der Waals surface area (Å²) in [4.78, 5) is 2.50. The minimum atomic E-state index is -0.636. The zero-order chi connectivity index (χ0) is 12.8.